The third kappa shape index (κ3) is 2.91. The van der Waals surface area contributed by atoms with Crippen LogP contribution in [-0.2, 0) is 0 Å². The van der Waals surface area contributed by atoms with E-state index >= 15 is 0 Å². The van der Waals surface area contributed by atoms with E-state index in [1.807, 2.05) is 26.0 Å². The van der Waals surface area contributed by atoms with E-state index in [1.54, 1.807) is 18.3 Å². The molecule has 0 atom stereocenters. The van der Waals surface area contributed by atoms with Crippen LogP contribution in [-0.4, -0.2) is 16.0 Å². The van der Waals surface area contributed by atoms with E-state index in [0.29, 0.717) is 17.2 Å². The first-order valence-electron chi connectivity index (χ1n) is 5.90. The minimum atomic E-state index is -0.0915. The van der Waals surface area contributed by atoms with E-state index in [0.717, 1.165) is 15.6 Å². The van der Waals surface area contributed by atoms with E-state index in [4.69, 9.17) is 15.7 Å². The quantitative estimate of drug-likeness (QED) is 0.390. The molecule has 3 N–H and O–H groups in total. The second kappa shape index (κ2) is 5.92. The molecule has 1 aromatic heterocycles. The third-order valence-electron chi connectivity index (χ3n) is 2.76. The largest absolute Gasteiger partial charge is 0.455 e. The van der Waals surface area contributed by atoms with Gasteiger partial charge in [-0.25, -0.2) is 4.98 Å². The Morgan fingerprint density at radius 1 is 1.35 bits per heavy atom. The van der Waals surface area contributed by atoms with E-state index in [1.165, 1.54) is 0 Å². The van der Waals surface area contributed by atoms with Crippen molar-refractivity contribution in [2.24, 2.45) is 10.9 Å². The smallest absolute Gasteiger partial charge is 0.192 e. The van der Waals surface area contributed by atoms with Gasteiger partial charge in [0.1, 0.15) is 5.75 Å². The summed E-state index contributed by atoms with van der Waals surface area (Å²) in [5, 5.41) is 11.7. The van der Waals surface area contributed by atoms with E-state index in [-0.39, 0.29) is 5.84 Å². The van der Waals surface area contributed by atoms with Gasteiger partial charge in [0.05, 0.1) is 0 Å². The number of ether oxygens (including phenoxy) is 1. The Hall–Kier alpha value is -2.08. The zero-order chi connectivity index (χ0) is 14.7. The number of rotatable bonds is 3. The van der Waals surface area contributed by atoms with Crippen LogP contribution in [0.3, 0.4) is 0 Å². The lowest BCUT2D eigenvalue weighted by Crippen LogP contribution is -2.15. The first kappa shape index (κ1) is 14.3. The van der Waals surface area contributed by atoms with E-state index in [9.17, 15) is 0 Å². The van der Waals surface area contributed by atoms with Crippen molar-refractivity contribution in [1.82, 2.24) is 4.98 Å². The van der Waals surface area contributed by atoms with Gasteiger partial charge in [-0.2, -0.15) is 0 Å². The maximum atomic E-state index is 8.76. The maximum Gasteiger partial charge on any atom is 0.192 e. The highest BCUT2D eigenvalue weighted by atomic mass is 79.9. The predicted octanol–water partition coefficient (Wildman–Crippen LogP) is 3.35. The number of nitrogens with zero attached hydrogens (tertiary/aromatic N) is 2. The van der Waals surface area contributed by atoms with Crippen LogP contribution < -0.4 is 10.5 Å². The standard InChI is InChI=1S/C14H14BrN3O2/c1-8-6-10(7-9(2)12(8)15)20-11-4-3-5-17-13(11)14(16)18-19/h3-7,19H,1-2H3,(H2,16,18). The van der Waals surface area contributed by atoms with Crippen molar-refractivity contribution in [2.45, 2.75) is 13.8 Å². The summed E-state index contributed by atoms with van der Waals surface area (Å²) >= 11 is 3.51. The number of hydrogen-bond donors (Lipinski definition) is 2. The van der Waals surface area contributed by atoms with E-state index in [2.05, 4.69) is 26.1 Å². The predicted molar refractivity (Wildman–Crippen MR) is 80.4 cm³/mol. The number of amidine groups is 1. The number of aromatic nitrogens is 1. The summed E-state index contributed by atoms with van der Waals surface area (Å²) < 4.78 is 6.84. The molecule has 1 heterocycles. The van der Waals surface area contributed by atoms with Crippen LogP contribution in [0.25, 0.3) is 0 Å². The first-order valence-corrected chi connectivity index (χ1v) is 6.69. The summed E-state index contributed by atoms with van der Waals surface area (Å²) in [7, 11) is 0. The molecule has 20 heavy (non-hydrogen) atoms. The molecule has 0 saturated heterocycles. The van der Waals surface area contributed by atoms with Gasteiger partial charge in [0.25, 0.3) is 0 Å². The van der Waals surface area contributed by atoms with Gasteiger partial charge in [-0.15, -0.1) is 0 Å². The van der Waals surface area contributed by atoms with Crippen LogP contribution in [0.5, 0.6) is 11.5 Å². The second-order valence-electron chi connectivity index (χ2n) is 4.31. The van der Waals surface area contributed by atoms with Crippen molar-refractivity contribution in [3.05, 3.63) is 51.8 Å². The lowest BCUT2D eigenvalue weighted by Gasteiger charge is -2.11. The molecule has 104 valence electrons. The molecule has 0 spiro atoms. The van der Waals surface area contributed by atoms with Gasteiger partial charge < -0.3 is 15.7 Å². The summed E-state index contributed by atoms with van der Waals surface area (Å²) in [6.45, 7) is 3.97. The van der Waals surface area contributed by atoms with Crippen molar-refractivity contribution in [3.8, 4) is 11.5 Å². The van der Waals surface area contributed by atoms with Gasteiger partial charge in [-0.1, -0.05) is 21.1 Å². The Labute approximate surface area is 125 Å². The number of pyridine rings is 1. The molecule has 0 saturated carbocycles. The van der Waals surface area contributed by atoms with Crippen LogP contribution in [0.4, 0.5) is 0 Å². The van der Waals surface area contributed by atoms with Gasteiger partial charge in [0.2, 0.25) is 0 Å². The molecule has 2 rings (SSSR count). The lowest BCUT2D eigenvalue weighted by atomic mass is 10.1. The molecule has 1 aromatic carbocycles. The van der Waals surface area contributed by atoms with Crippen molar-refractivity contribution in [3.63, 3.8) is 0 Å². The molecule has 0 aliphatic heterocycles. The fraction of sp³-hybridized carbons (Fsp3) is 0.143. The number of aryl methyl sites for hydroxylation is 2. The molecule has 2 aromatic rings. The fourth-order valence-corrected chi connectivity index (χ4v) is 2.03. The number of oxime groups is 1. The van der Waals surface area contributed by atoms with E-state index < -0.39 is 0 Å². The highest BCUT2D eigenvalue weighted by molar-refractivity contribution is 9.10. The van der Waals surface area contributed by atoms with Gasteiger partial charge in [0.15, 0.2) is 17.3 Å². The zero-order valence-electron chi connectivity index (χ0n) is 11.1. The molecule has 0 amide bonds. The van der Waals surface area contributed by atoms with Crippen LogP contribution in [0.15, 0.2) is 40.1 Å². The van der Waals surface area contributed by atoms with Crippen LogP contribution in [0.2, 0.25) is 0 Å². The summed E-state index contributed by atoms with van der Waals surface area (Å²) in [6, 6.07) is 7.25. The molecule has 0 bridgehead atoms. The molecule has 0 fully saturated rings. The van der Waals surface area contributed by atoms with Gasteiger partial charge in [-0.05, 0) is 49.2 Å². The molecule has 0 radical (unpaired) electrons. The average Bonchev–Trinajstić information content (AvgIpc) is 2.44. The third-order valence-corrected chi connectivity index (χ3v) is 4.01. The van der Waals surface area contributed by atoms with Gasteiger partial charge in [-0.3, -0.25) is 0 Å². The lowest BCUT2D eigenvalue weighted by molar-refractivity contribution is 0.318. The summed E-state index contributed by atoms with van der Waals surface area (Å²) in [4.78, 5) is 4.06. The molecule has 0 unspecified atom stereocenters. The Morgan fingerprint density at radius 3 is 2.60 bits per heavy atom. The number of nitrogens with two attached hydrogens (primary N) is 1. The summed E-state index contributed by atoms with van der Waals surface area (Å²) in [5.41, 5.74) is 8.01. The minimum absolute atomic E-state index is 0.0915. The Kier molecular flexibility index (Phi) is 4.24. The fourth-order valence-electron chi connectivity index (χ4n) is 1.80. The monoisotopic (exact) mass is 335 g/mol. The van der Waals surface area contributed by atoms with Crippen molar-refractivity contribution < 1.29 is 9.94 Å². The van der Waals surface area contributed by atoms with Crippen molar-refractivity contribution >= 4 is 21.8 Å². The Bertz CT molecular complexity index is 648. The SMILES string of the molecule is Cc1cc(Oc2cccnc2/C(N)=N/O)cc(C)c1Br. The van der Waals surface area contributed by atoms with Crippen LogP contribution in [0.1, 0.15) is 16.8 Å². The van der Waals surface area contributed by atoms with Crippen molar-refractivity contribution in [1.29, 1.82) is 0 Å². The average molecular weight is 336 g/mol. The summed E-state index contributed by atoms with van der Waals surface area (Å²) in [5.74, 6) is 1.01. The van der Waals surface area contributed by atoms with Crippen molar-refractivity contribution in [2.75, 3.05) is 0 Å². The molecule has 6 heteroatoms. The Balaban J connectivity index is 2.41. The van der Waals surface area contributed by atoms with Gasteiger partial charge >= 0.3 is 0 Å². The summed E-state index contributed by atoms with van der Waals surface area (Å²) in [6.07, 6.45) is 1.55. The molecule has 0 aliphatic carbocycles. The normalized spacial score (nSPS) is 11.4. The topological polar surface area (TPSA) is 80.7 Å². The van der Waals surface area contributed by atoms with Crippen LogP contribution >= 0.6 is 15.9 Å². The minimum Gasteiger partial charge on any atom is -0.455 e. The highest BCUT2D eigenvalue weighted by Crippen LogP contribution is 2.30. The zero-order valence-corrected chi connectivity index (χ0v) is 12.7. The first-order chi connectivity index (χ1) is 9.52. The molecule has 5 nitrogen and oxygen atoms in total. The number of hydrogen-bond acceptors (Lipinski definition) is 4. The molecular weight excluding hydrogens is 322 g/mol. The highest BCUT2D eigenvalue weighted by Gasteiger charge is 2.11. The number of halogens is 1. The Morgan fingerprint density at radius 2 is 2.00 bits per heavy atom. The molecular formula is C14H14BrN3O2. The second-order valence-corrected chi connectivity index (χ2v) is 5.10. The van der Waals surface area contributed by atoms with Crippen LogP contribution in [0, 0.1) is 13.8 Å². The van der Waals surface area contributed by atoms with Gasteiger partial charge in [0, 0.05) is 10.7 Å². The molecule has 0 aliphatic rings. The maximum absolute atomic E-state index is 8.76. The number of benzene rings is 1.